The second kappa shape index (κ2) is 9.20. The first kappa shape index (κ1) is 15.3. The Labute approximate surface area is 110 Å². The van der Waals surface area contributed by atoms with Gasteiger partial charge in [-0.1, -0.05) is 45.4 Å². The second-order valence-electron chi connectivity index (χ2n) is 5.23. The summed E-state index contributed by atoms with van der Waals surface area (Å²) in [5, 5.41) is 12.2. The highest BCUT2D eigenvalue weighted by molar-refractivity contribution is 5.67. The van der Waals surface area contributed by atoms with Gasteiger partial charge in [-0.3, -0.25) is 5.32 Å². The van der Waals surface area contributed by atoms with Crippen LogP contribution < -0.4 is 5.32 Å². The number of aliphatic hydroxyl groups is 1. The molecule has 1 atom stereocenters. The van der Waals surface area contributed by atoms with E-state index < -0.39 is 12.3 Å². The molecule has 106 valence electrons. The lowest BCUT2D eigenvalue weighted by atomic mass is 9.86. The van der Waals surface area contributed by atoms with E-state index in [0.29, 0.717) is 13.0 Å². The number of carbonyl (C=O) groups excluding carboxylic acids is 1. The molecule has 4 nitrogen and oxygen atoms in total. The number of aliphatic hydroxyl groups excluding tert-OH is 1. The number of ether oxygens (including phenoxy) is 1. The van der Waals surface area contributed by atoms with Gasteiger partial charge in [0.25, 0.3) is 0 Å². The molecule has 0 radical (unpaired) electrons. The van der Waals surface area contributed by atoms with Crippen LogP contribution in [0, 0.1) is 5.92 Å². The first-order valence-corrected chi connectivity index (χ1v) is 7.33. The van der Waals surface area contributed by atoms with Crippen molar-refractivity contribution in [2.75, 3.05) is 6.61 Å². The number of unbranched alkanes of at least 4 members (excludes halogenated alkanes) is 1. The predicted molar refractivity (Wildman–Crippen MR) is 71.2 cm³/mol. The highest BCUT2D eigenvalue weighted by Crippen LogP contribution is 2.27. The minimum Gasteiger partial charge on any atom is -0.450 e. The summed E-state index contributed by atoms with van der Waals surface area (Å²) in [5.41, 5.74) is 0. The third kappa shape index (κ3) is 6.84. The lowest BCUT2D eigenvalue weighted by molar-refractivity contribution is 0.0879. The summed E-state index contributed by atoms with van der Waals surface area (Å²) < 4.78 is 4.93. The van der Waals surface area contributed by atoms with Crippen LogP contribution in [-0.2, 0) is 4.74 Å². The Morgan fingerprint density at radius 3 is 2.78 bits per heavy atom. The van der Waals surface area contributed by atoms with E-state index in [1.165, 1.54) is 32.1 Å². The van der Waals surface area contributed by atoms with Crippen molar-refractivity contribution < 1.29 is 14.6 Å². The third-order valence-corrected chi connectivity index (χ3v) is 3.59. The lowest BCUT2D eigenvalue weighted by Crippen LogP contribution is -2.35. The Morgan fingerprint density at radius 1 is 1.39 bits per heavy atom. The number of nitrogens with one attached hydrogen (secondary N) is 1. The maximum absolute atomic E-state index is 11.3. The van der Waals surface area contributed by atoms with E-state index in [1.54, 1.807) is 0 Å². The summed E-state index contributed by atoms with van der Waals surface area (Å²) in [6.07, 6.45) is 8.75. The van der Waals surface area contributed by atoms with E-state index >= 15 is 0 Å². The number of alkyl carbamates (subject to hydrolysis) is 1. The molecule has 4 heteroatoms. The van der Waals surface area contributed by atoms with Crippen molar-refractivity contribution in [2.24, 2.45) is 5.92 Å². The van der Waals surface area contributed by atoms with Crippen molar-refractivity contribution in [3.8, 4) is 0 Å². The zero-order valence-corrected chi connectivity index (χ0v) is 11.5. The van der Waals surface area contributed by atoms with E-state index in [4.69, 9.17) is 4.74 Å². The van der Waals surface area contributed by atoms with E-state index in [0.717, 1.165) is 25.2 Å². The first-order chi connectivity index (χ1) is 8.72. The summed E-state index contributed by atoms with van der Waals surface area (Å²) in [6.45, 7) is 2.47. The number of amides is 1. The normalized spacial score (nSPS) is 18.3. The molecular weight excluding hydrogens is 230 g/mol. The van der Waals surface area contributed by atoms with Crippen molar-refractivity contribution in [2.45, 2.75) is 70.9 Å². The summed E-state index contributed by atoms with van der Waals surface area (Å²) in [4.78, 5) is 11.3. The minimum atomic E-state index is -0.763. The zero-order valence-electron chi connectivity index (χ0n) is 11.5. The minimum absolute atomic E-state index is 0.428. The fraction of sp³-hybridized carbons (Fsp3) is 0.929. The van der Waals surface area contributed by atoms with Gasteiger partial charge >= 0.3 is 6.09 Å². The molecule has 0 aromatic heterocycles. The van der Waals surface area contributed by atoms with Crippen molar-refractivity contribution in [1.29, 1.82) is 0 Å². The first-order valence-electron chi connectivity index (χ1n) is 7.33. The van der Waals surface area contributed by atoms with Crippen LogP contribution in [0.25, 0.3) is 0 Å². The fourth-order valence-electron chi connectivity index (χ4n) is 2.43. The van der Waals surface area contributed by atoms with Gasteiger partial charge in [-0.05, 0) is 25.2 Å². The molecule has 1 saturated carbocycles. The Hall–Kier alpha value is -0.770. The topological polar surface area (TPSA) is 58.6 Å². The Morgan fingerprint density at radius 2 is 2.11 bits per heavy atom. The third-order valence-electron chi connectivity index (χ3n) is 3.59. The lowest BCUT2D eigenvalue weighted by Gasteiger charge is -2.22. The van der Waals surface area contributed by atoms with Crippen molar-refractivity contribution >= 4 is 6.09 Å². The van der Waals surface area contributed by atoms with Crippen molar-refractivity contribution in [3.05, 3.63) is 0 Å². The van der Waals surface area contributed by atoms with Crippen LogP contribution in [0.5, 0.6) is 0 Å². The SMILES string of the molecule is CCCCOC(=O)NC(O)CCC1CCCCC1. The molecule has 1 aliphatic carbocycles. The Bertz CT molecular complexity index is 227. The van der Waals surface area contributed by atoms with Crippen molar-refractivity contribution in [3.63, 3.8) is 0 Å². The maximum atomic E-state index is 11.3. The molecule has 0 aromatic rings. The molecule has 1 rings (SSSR count). The largest absolute Gasteiger partial charge is 0.450 e. The Balaban J connectivity index is 2.04. The van der Waals surface area contributed by atoms with E-state index in [-0.39, 0.29) is 0 Å². The summed E-state index contributed by atoms with van der Waals surface area (Å²) in [7, 11) is 0. The zero-order chi connectivity index (χ0) is 13.2. The van der Waals surface area contributed by atoms with Crippen LogP contribution in [0.15, 0.2) is 0 Å². The smallest absolute Gasteiger partial charge is 0.409 e. The van der Waals surface area contributed by atoms with Gasteiger partial charge in [0.15, 0.2) is 0 Å². The van der Waals surface area contributed by atoms with Gasteiger partial charge in [-0.2, -0.15) is 0 Å². The number of hydrogen-bond donors (Lipinski definition) is 2. The molecular formula is C14H27NO3. The van der Waals surface area contributed by atoms with Gasteiger partial charge in [-0.25, -0.2) is 4.79 Å². The number of rotatable bonds is 7. The quantitative estimate of drug-likeness (QED) is 0.544. The Kier molecular flexibility index (Phi) is 7.81. The van der Waals surface area contributed by atoms with Gasteiger partial charge in [0, 0.05) is 0 Å². The van der Waals surface area contributed by atoms with Gasteiger partial charge in [0.05, 0.1) is 6.61 Å². The van der Waals surface area contributed by atoms with Crippen LogP contribution in [0.1, 0.15) is 64.7 Å². The molecule has 1 aliphatic rings. The average Bonchev–Trinajstić information content (AvgIpc) is 2.38. The highest BCUT2D eigenvalue weighted by atomic mass is 16.5. The molecule has 1 amide bonds. The monoisotopic (exact) mass is 257 g/mol. The fourth-order valence-corrected chi connectivity index (χ4v) is 2.43. The number of carbonyl (C=O) groups is 1. The molecule has 2 N–H and O–H groups in total. The average molecular weight is 257 g/mol. The molecule has 0 bridgehead atoms. The van der Waals surface area contributed by atoms with Gasteiger partial charge in [0.2, 0.25) is 0 Å². The van der Waals surface area contributed by atoms with E-state index in [1.807, 2.05) is 6.92 Å². The predicted octanol–water partition coefficient (Wildman–Crippen LogP) is 3.19. The van der Waals surface area contributed by atoms with Gasteiger partial charge in [0.1, 0.15) is 6.23 Å². The van der Waals surface area contributed by atoms with E-state index in [2.05, 4.69) is 5.32 Å². The van der Waals surface area contributed by atoms with Gasteiger partial charge in [-0.15, -0.1) is 0 Å². The second-order valence-corrected chi connectivity index (χ2v) is 5.23. The standard InChI is InChI=1S/C14H27NO3/c1-2-3-11-18-14(17)15-13(16)10-9-12-7-5-4-6-8-12/h12-13,16H,2-11H2,1H3,(H,15,17). The van der Waals surface area contributed by atoms with Crippen LogP contribution in [0.2, 0.25) is 0 Å². The van der Waals surface area contributed by atoms with Crippen LogP contribution in [0.4, 0.5) is 4.79 Å². The van der Waals surface area contributed by atoms with Gasteiger partial charge < -0.3 is 9.84 Å². The number of hydrogen-bond acceptors (Lipinski definition) is 3. The van der Waals surface area contributed by atoms with Crippen LogP contribution >= 0.6 is 0 Å². The van der Waals surface area contributed by atoms with Crippen LogP contribution in [0.3, 0.4) is 0 Å². The molecule has 0 spiro atoms. The van der Waals surface area contributed by atoms with Crippen molar-refractivity contribution in [1.82, 2.24) is 5.32 Å². The van der Waals surface area contributed by atoms with Crippen LogP contribution in [-0.4, -0.2) is 24.0 Å². The molecule has 0 aliphatic heterocycles. The maximum Gasteiger partial charge on any atom is 0.409 e. The van der Waals surface area contributed by atoms with E-state index in [9.17, 15) is 9.90 Å². The summed E-state index contributed by atoms with van der Waals surface area (Å²) in [6, 6.07) is 0. The molecule has 0 saturated heterocycles. The summed E-state index contributed by atoms with van der Waals surface area (Å²) >= 11 is 0. The molecule has 0 heterocycles. The molecule has 1 unspecified atom stereocenters. The molecule has 0 aromatic carbocycles. The summed E-state index contributed by atoms with van der Waals surface area (Å²) in [5.74, 6) is 0.728. The highest BCUT2D eigenvalue weighted by Gasteiger charge is 2.16. The molecule has 1 fully saturated rings. The molecule has 18 heavy (non-hydrogen) atoms.